The molecule has 1 fully saturated rings. The second-order valence-corrected chi connectivity index (χ2v) is 5.65. The van der Waals surface area contributed by atoms with Gasteiger partial charge in [-0.3, -0.25) is 19.3 Å². The summed E-state index contributed by atoms with van der Waals surface area (Å²) >= 11 is 0.764. The van der Waals surface area contributed by atoms with E-state index in [1.54, 1.807) is 24.3 Å². The number of carbonyl (C=O) groups excluding carboxylic acids is 3. The smallest absolute Gasteiger partial charge is 0.325 e. The predicted molar refractivity (Wildman–Crippen MR) is 88.9 cm³/mol. The first kappa shape index (κ1) is 17.9. The van der Waals surface area contributed by atoms with Gasteiger partial charge in [-0.25, -0.2) is 0 Å². The number of ether oxygens (including phenoxy) is 3. The Balaban J connectivity index is 2.34. The lowest BCUT2D eigenvalue weighted by Crippen LogP contribution is -2.34. The molecule has 0 radical (unpaired) electrons. The summed E-state index contributed by atoms with van der Waals surface area (Å²) in [5.41, 5.74) is 0.611. The molecule has 0 saturated carbocycles. The summed E-state index contributed by atoms with van der Waals surface area (Å²) in [4.78, 5) is 36.6. The molecule has 1 aromatic rings. The van der Waals surface area contributed by atoms with Crippen LogP contribution in [0, 0.1) is 0 Å². The van der Waals surface area contributed by atoms with Gasteiger partial charge in [0, 0.05) is 5.56 Å². The lowest BCUT2D eigenvalue weighted by atomic mass is 10.1. The van der Waals surface area contributed by atoms with Crippen LogP contribution in [0.15, 0.2) is 23.1 Å². The molecule has 0 atom stereocenters. The average Bonchev–Trinajstić information content (AvgIpc) is 2.83. The van der Waals surface area contributed by atoms with Crippen LogP contribution >= 0.6 is 11.8 Å². The maximum Gasteiger partial charge on any atom is 0.325 e. The number of hydrogen-bond donors (Lipinski definition) is 0. The van der Waals surface area contributed by atoms with Crippen molar-refractivity contribution < 1.29 is 28.6 Å². The fourth-order valence-corrected chi connectivity index (χ4v) is 2.91. The first-order valence-corrected chi connectivity index (χ1v) is 7.95. The molecule has 0 unspecified atom stereocenters. The lowest BCUT2D eigenvalue weighted by Gasteiger charge is -2.12. The SMILES string of the molecule is CCOc1c(/C=C2/SC(=O)N(CC(=O)OC)C2=O)cccc1OC. The molecule has 1 aliphatic rings. The maximum atomic E-state index is 12.3. The van der Waals surface area contributed by atoms with Crippen molar-refractivity contribution in [2.45, 2.75) is 6.92 Å². The summed E-state index contributed by atoms with van der Waals surface area (Å²) in [6.07, 6.45) is 1.55. The van der Waals surface area contributed by atoms with E-state index >= 15 is 0 Å². The Morgan fingerprint density at radius 2 is 2.04 bits per heavy atom. The number of rotatable bonds is 6. The van der Waals surface area contributed by atoms with Gasteiger partial charge in [-0.15, -0.1) is 0 Å². The molecule has 0 aromatic heterocycles. The van der Waals surface area contributed by atoms with E-state index in [-0.39, 0.29) is 4.91 Å². The van der Waals surface area contributed by atoms with E-state index in [1.165, 1.54) is 14.2 Å². The van der Waals surface area contributed by atoms with Crippen LogP contribution in [0.1, 0.15) is 12.5 Å². The molecular formula is C16H17NO6S. The highest BCUT2D eigenvalue weighted by Crippen LogP contribution is 2.37. The van der Waals surface area contributed by atoms with Crippen LogP contribution in [0.25, 0.3) is 6.08 Å². The normalized spacial score (nSPS) is 15.8. The summed E-state index contributed by atoms with van der Waals surface area (Å²) in [7, 11) is 2.72. The van der Waals surface area contributed by atoms with Crippen molar-refractivity contribution in [2.75, 3.05) is 27.4 Å². The molecular weight excluding hydrogens is 334 g/mol. The number of esters is 1. The molecule has 8 heteroatoms. The van der Waals surface area contributed by atoms with Crippen molar-refractivity contribution in [3.8, 4) is 11.5 Å². The number of amides is 2. The molecule has 2 rings (SSSR count). The molecule has 128 valence electrons. The highest BCUT2D eigenvalue weighted by molar-refractivity contribution is 8.18. The summed E-state index contributed by atoms with van der Waals surface area (Å²) in [5, 5.41) is -0.516. The Bertz CT molecular complexity index is 700. The Hall–Kier alpha value is -2.48. The number of thioether (sulfide) groups is 1. The molecule has 1 aliphatic heterocycles. The fourth-order valence-electron chi connectivity index (χ4n) is 2.08. The van der Waals surface area contributed by atoms with Crippen LogP contribution in [0.3, 0.4) is 0 Å². The first-order chi connectivity index (χ1) is 11.5. The average molecular weight is 351 g/mol. The van der Waals surface area contributed by atoms with Crippen molar-refractivity contribution in [3.05, 3.63) is 28.7 Å². The molecule has 0 aliphatic carbocycles. The molecule has 2 amide bonds. The van der Waals surface area contributed by atoms with Crippen LogP contribution < -0.4 is 9.47 Å². The monoisotopic (exact) mass is 351 g/mol. The summed E-state index contributed by atoms with van der Waals surface area (Å²) in [5.74, 6) is -0.183. The number of carbonyl (C=O) groups is 3. The van der Waals surface area contributed by atoms with Gasteiger partial charge in [0.25, 0.3) is 11.1 Å². The van der Waals surface area contributed by atoms with Crippen molar-refractivity contribution in [1.82, 2.24) is 4.90 Å². The van der Waals surface area contributed by atoms with Crippen LogP contribution in [0.4, 0.5) is 4.79 Å². The Kier molecular flexibility index (Phi) is 5.86. The second kappa shape index (κ2) is 7.87. The minimum absolute atomic E-state index is 0.207. The van der Waals surface area contributed by atoms with E-state index in [9.17, 15) is 14.4 Å². The standard InChI is InChI=1S/C16H17NO6S/c1-4-23-14-10(6-5-7-11(14)21-2)8-12-15(19)17(16(20)24-12)9-13(18)22-3/h5-8H,4,9H2,1-3H3/b12-8+. The summed E-state index contributed by atoms with van der Waals surface area (Å²) in [6.45, 7) is 1.85. The maximum absolute atomic E-state index is 12.3. The number of benzene rings is 1. The van der Waals surface area contributed by atoms with E-state index in [1.807, 2.05) is 6.92 Å². The topological polar surface area (TPSA) is 82.1 Å². The fraction of sp³-hybridized carbons (Fsp3) is 0.312. The van der Waals surface area contributed by atoms with Crippen molar-refractivity contribution in [3.63, 3.8) is 0 Å². The highest BCUT2D eigenvalue weighted by atomic mass is 32.2. The Labute approximate surface area is 143 Å². The molecule has 0 N–H and O–H groups in total. The lowest BCUT2D eigenvalue weighted by molar-refractivity contribution is -0.143. The van der Waals surface area contributed by atoms with Gasteiger partial charge in [-0.05, 0) is 30.8 Å². The zero-order chi connectivity index (χ0) is 17.7. The molecule has 24 heavy (non-hydrogen) atoms. The minimum Gasteiger partial charge on any atom is -0.493 e. The van der Waals surface area contributed by atoms with Gasteiger partial charge in [0.05, 0.1) is 25.7 Å². The van der Waals surface area contributed by atoms with Crippen LogP contribution in [0.5, 0.6) is 11.5 Å². The largest absolute Gasteiger partial charge is 0.493 e. The third kappa shape index (κ3) is 3.70. The number of nitrogens with zero attached hydrogens (tertiary/aromatic N) is 1. The quantitative estimate of drug-likeness (QED) is 0.574. The number of para-hydroxylation sites is 1. The van der Waals surface area contributed by atoms with E-state index in [2.05, 4.69) is 4.74 Å². The third-order valence-corrected chi connectivity index (χ3v) is 4.10. The number of hydrogen-bond acceptors (Lipinski definition) is 7. The molecule has 1 heterocycles. The van der Waals surface area contributed by atoms with Crippen molar-refractivity contribution in [2.24, 2.45) is 0 Å². The zero-order valence-electron chi connectivity index (χ0n) is 13.5. The van der Waals surface area contributed by atoms with Crippen LogP contribution in [0.2, 0.25) is 0 Å². The predicted octanol–water partition coefficient (Wildman–Crippen LogP) is 2.30. The van der Waals surface area contributed by atoms with Gasteiger partial charge in [-0.2, -0.15) is 0 Å². The van der Waals surface area contributed by atoms with Gasteiger partial charge < -0.3 is 14.2 Å². The zero-order valence-corrected chi connectivity index (χ0v) is 14.3. The second-order valence-electron chi connectivity index (χ2n) is 4.66. The van der Waals surface area contributed by atoms with Gasteiger partial charge in [-0.1, -0.05) is 12.1 Å². The third-order valence-electron chi connectivity index (χ3n) is 3.19. The highest BCUT2D eigenvalue weighted by Gasteiger charge is 2.36. The Morgan fingerprint density at radius 1 is 1.29 bits per heavy atom. The van der Waals surface area contributed by atoms with Crippen molar-refractivity contribution >= 4 is 35.0 Å². The van der Waals surface area contributed by atoms with Gasteiger partial charge in [0.1, 0.15) is 6.54 Å². The van der Waals surface area contributed by atoms with Gasteiger partial charge >= 0.3 is 5.97 Å². The molecule has 1 aromatic carbocycles. The van der Waals surface area contributed by atoms with Gasteiger partial charge in [0.2, 0.25) is 0 Å². The van der Waals surface area contributed by atoms with Gasteiger partial charge in [0.15, 0.2) is 11.5 Å². The van der Waals surface area contributed by atoms with Crippen molar-refractivity contribution in [1.29, 1.82) is 0 Å². The van der Waals surface area contributed by atoms with E-state index in [4.69, 9.17) is 9.47 Å². The first-order valence-electron chi connectivity index (χ1n) is 7.13. The molecule has 0 spiro atoms. The van der Waals surface area contributed by atoms with E-state index < -0.39 is 23.7 Å². The summed E-state index contributed by atoms with van der Waals surface area (Å²) < 4.78 is 15.3. The molecule has 7 nitrogen and oxygen atoms in total. The summed E-state index contributed by atoms with van der Waals surface area (Å²) in [6, 6.07) is 5.25. The number of methoxy groups -OCH3 is 2. The van der Waals surface area contributed by atoms with Crippen LogP contribution in [-0.2, 0) is 14.3 Å². The Morgan fingerprint density at radius 3 is 2.67 bits per heavy atom. The minimum atomic E-state index is -0.657. The number of imide groups is 1. The molecule has 1 saturated heterocycles. The van der Waals surface area contributed by atoms with E-state index in [0.29, 0.717) is 23.7 Å². The van der Waals surface area contributed by atoms with Crippen LogP contribution in [-0.4, -0.2) is 49.4 Å². The van der Waals surface area contributed by atoms with E-state index in [0.717, 1.165) is 16.7 Å². The molecule has 0 bridgehead atoms.